The van der Waals surface area contributed by atoms with Crippen molar-refractivity contribution in [3.05, 3.63) is 35.0 Å². The fourth-order valence-electron chi connectivity index (χ4n) is 0.770. The van der Waals surface area contributed by atoms with Crippen LogP contribution in [0.25, 0.3) is 5.14 Å². The second kappa shape index (κ2) is 8.06. The molecule has 1 rings (SSSR count). The van der Waals surface area contributed by atoms with Gasteiger partial charge in [0.15, 0.2) is 0 Å². The zero-order valence-electron chi connectivity index (χ0n) is 8.35. The quantitative estimate of drug-likeness (QED) is 0.502. The van der Waals surface area contributed by atoms with E-state index in [2.05, 4.69) is 0 Å². The molecule has 0 bridgehead atoms. The van der Waals surface area contributed by atoms with Crippen LogP contribution in [0.3, 0.4) is 0 Å². The molecule has 1 N–H and O–H groups in total. The van der Waals surface area contributed by atoms with Crippen molar-refractivity contribution >= 4 is 16.0 Å². The van der Waals surface area contributed by atoms with Gasteiger partial charge in [0.2, 0.25) is 0 Å². The smallest absolute Gasteiger partial charge is 0.560 e. The Kier molecular flexibility index (Phi) is 10.3. The molecule has 0 amide bonds. The maximum Gasteiger partial charge on any atom is 1.00 e. The Bertz CT molecular complexity index is 429. The molecule has 1 aromatic carbocycles. The summed E-state index contributed by atoms with van der Waals surface area (Å²) in [5.41, 5.74) is -0.118. The van der Waals surface area contributed by atoms with Gasteiger partial charge in [-0.3, -0.25) is 0 Å². The minimum atomic E-state index is -4.01. The predicted molar refractivity (Wildman–Crippen MR) is 42.3 cm³/mol. The van der Waals surface area contributed by atoms with Crippen molar-refractivity contribution < 1.29 is 121 Å². The summed E-state index contributed by atoms with van der Waals surface area (Å²) < 4.78 is 21.2. The van der Waals surface area contributed by atoms with E-state index in [4.69, 9.17) is 5.14 Å². The van der Waals surface area contributed by atoms with Crippen molar-refractivity contribution in [1.82, 2.24) is 0 Å². The fraction of sp³-hybridized carbons (Fsp3) is 0. The fourth-order valence-corrected chi connectivity index (χ4v) is 1.26. The predicted octanol–water partition coefficient (Wildman–Crippen LogP) is -6.20. The third-order valence-corrected chi connectivity index (χ3v) is 2.29. The van der Waals surface area contributed by atoms with Gasteiger partial charge in [-0.2, -0.15) is 0 Å². The largest absolute Gasteiger partial charge is 1.00 e. The molecule has 0 aliphatic rings. The van der Waals surface area contributed by atoms with E-state index in [9.17, 15) is 18.3 Å². The van der Waals surface area contributed by atoms with Gasteiger partial charge in [0.05, 0.1) is 16.0 Å². The van der Waals surface area contributed by atoms with Gasteiger partial charge in [0.1, 0.15) is 0 Å². The number of carbonyl (C=O) groups is 1. The average molecular weight is 277 g/mol. The van der Waals surface area contributed by atoms with Crippen LogP contribution in [0.1, 0.15) is 10.4 Å². The molecule has 0 aromatic heterocycles. The molecule has 0 saturated carbocycles. The van der Waals surface area contributed by atoms with Gasteiger partial charge in [0.25, 0.3) is 0 Å². The first-order valence-corrected chi connectivity index (χ1v) is 4.70. The van der Waals surface area contributed by atoms with E-state index >= 15 is 0 Å². The molecule has 0 radical (unpaired) electrons. The molecule has 5 nitrogen and oxygen atoms in total. The molecular weight excluding hydrogens is 272 g/mol. The molecule has 0 heterocycles. The van der Waals surface area contributed by atoms with E-state index in [-0.39, 0.29) is 113 Å². The molecule has 0 atom stereocenters. The van der Waals surface area contributed by atoms with Crippen LogP contribution in [0.4, 0.5) is 0 Å². The van der Waals surface area contributed by atoms with Crippen molar-refractivity contribution in [2.24, 2.45) is 0 Å². The topological polar surface area (TPSA) is 98.1 Å². The molecule has 0 fully saturated rings. The SMILES string of the molecule is [K+].[K+].[NH-]S(=O)(=O)c1ccc(C(=O)[O-])cc1. The van der Waals surface area contributed by atoms with E-state index in [1.165, 1.54) is 0 Å². The summed E-state index contributed by atoms with van der Waals surface area (Å²) in [6.07, 6.45) is 0. The normalized spacial score (nSPS) is 9.67. The molecule has 0 aliphatic carbocycles. The maximum absolute atomic E-state index is 10.6. The summed E-state index contributed by atoms with van der Waals surface area (Å²) in [5, 5.41) is 16.9. The monoisotopic (exact) mass is 277 g/mol. The first kappa shape index (κ1) is 19.2. The van der Waals surface area contributed by atoms with Crippen LogP contribution >= 0.6 is 0 Å². The number of rotatable bonds is 2. The Labute approximate surface area is 173 Å². The summed E-state index contributed by atoms with van der Waals surface area (Å²) in [4.78, 5) is 10.0. The van der Waals surface area contributed by atoms with Crippen LogP contribution in [0.5, 0.6) is 0 Å². The minimum Gasteiger partial charge on any atom is -0.560 e. The van der Waals surface area contributed by atoms with Crippen molar-refractivity contribution in [1.29, 1.82) is 0 Å². The number of sulfonamides is 1. The van der Waals surface area contributed by atoms with Crippen LogP contribution in [0, 0.1) is 0 Å². The Balaban J connectivity index is 0. The average Bonchev–Trinajstić information content (AvgIpc) is 2.03. The minimum absolute atomic E-state index is 0. The van der Waals surface area contributed by atoms with Gasteiger partial charge in [-0.15, -0.1) is 0 Å². The molecule has 70 valence electrons. The number of carboxylic acid groups (broad SMARTS) is 1. The molecule has 8 heteroatoms. The van der Waals surface area contributed by atoms with Crippen molar-refractivity contribution in [3.63, 3.8) is 0 Å². The van der Waals surface area contributed by atoms with Crippen LogP contribution in [-0.2, 0) is 10.0 Å². The maximum atomic E-state index is 10.6. The standard InChI is InChI=1S/C7H7NO4S.2K/c8-13(11,12)6-3-1-5(2-4-6)7(9)10;;/h1-4H,(H3,8,9,10,11,12);;/q;2*+1/p-2. The van der Waals surface area contributed by atoms with Crippen LogP contribution < -0.4 is 108 Å². The molecule has 15 heavy (non-hydrogen) atoms. The number of hydrogen-bond acceptors (Lipinski definition) is 4. The molecule has 1 aromatic rings. The Morgan fingerprint density at radius 3 is 1.80 bits per heavy atom. The summed E-state index contributed by atoms with van der Waals surface area (Å²) in [6.45, 7) is 0. The van der Waals surface area contributed by atoms with Crippen LogP contribution in [-0.4, -0.2) is 14.4 Å². The Morgan fingerprint density at radius 1 is 1.13 bits per heavy atom. The van der Waals surface area contributed by atoms with E-state index < -0.39 is 16.0 Å². The molecule has 0 saturated heterocycles. The third kappa shape index (κ3) is 6.39. The Hall–Kier alpha value is 1.87. The van der Waals surface area contributed by atoms with Gasteiger partial charge in [-0.1, -0.05) is 12.1 Å². The van der Waals surface area contributed by atoms with Crippen molar-refractivity contribution in [2.75, 3.05) is 0 Å². The van der Waals surface area contributed by atoms with Gasteiger partial charge in [0, 0.05) is 4.90 Å². The summed E-state index contributed by atoms with van der Waals surface area (Å²) in [7, 11) is -4.01. The van der Waals surface area contributed by atoms with Gasteiger partial charge >= 0.3 is 103 Å². The Morgan fingerprint density at radius 2 is 1.53 bits per heavy atom. The number of aromatic carboxylic acids is 1. The van der Waals surface area contributed by atoms with Gasteiger partial charge in [-0.25, -0.2) is 8.42 Å². The summed E-state index contributed by atoms with van der Waals surface area (Å²) >= 11 is 0. The second-order valence-electron chi connectivity index (χ2n) is 2.32. The molecule has 0 unspecified atom stereocenters. The zero-order chi connectivity index (χ0) is 10.1. The first-order valence-electron chi connectivity index (χ1n) is 3.22. The molecular formula is C7H5K2NO4S. The zero-order valence-corrected chi connectivity index (χ0v) is 15.4. The van der Waals surface area contributed by atoms with E-state index in [1.54, 1.807) is 0 Å². The number of nitrogens with one attached hydrogen (secondary N) is 1. The number of carbonyl (C=O) groups excluding carboxylic acids is 1. The van der Waals surface area contributed by atoms with Crippen molar-refractivity contribution in [2.45, 2.75) is 4.90 Å². The van der Waals surface area contributed by atoms with E-state index in [0.717, 1.165) is 24.3 Å². The van der Waals surface area contributed by atoms with Gasteiger partial charge in [-0.05, 0) is 17.7 Å². The van der Waals surface area contributed by atoms with Crippen molar-refractivity contribution in [3.8, 4) is 0 Å². The third-order valence-electron chi connectivity index (χ3n) is 1.40. The second-order valence-corrected chi connectivity index (χ2v) is 3.79. The van der Waals surface area contributed by atoms with Crippen LogP contribution in [0.2, 0.25) is 0 Å². The molecule has 0 aliphatic heterocycles. The van der Waals surface area contributed by atoms with E-state index in [1.807, 2.05) is 0 Å². The number of carboxylic acids is 1. The van der Waals surface area contributed by atoms with E-state index in [0.29, 0.717) is 0 Å². The van der Waals surface area contributed by atoms with Gasteiger partial charge < -0.3 is 15.0 Å². The molecule has 0 spiro atoms. The number of hydrogen-bond donors (Lipinski definition) is 0. The first-order chi connectivity index (χ1) is 5.91. The summed E-state index contributed by atoms with van der Waals surface area (Å²) in [5.74, 6) is -1.38. The van der Waals surface area contributed by atoms with Crippen LogP contribution in [0.15, 0.2) is 29.2 Å². The number of benzene rings is 1. The summed E-state index contributed by atoms with van der Waals surface area (Å²) in [6, 6.07) is 4.26.